The van der Waals surface area contributed by atoms with Crippen LogP contribution in [-0.2, 0) is 20.9 Å². The molecule has 0 spiro atoms. The Morgan fingerprint density at radius 3 is 2.54 bits per heavy atom. The number of fused-ring (bicyclic) bond motifs is 1. The van der Waals surface area contributed by atoms with Gasteiger partial charge in [-0.1, -0.05) is 12.1 Å². The number of thiophene rings is 1. The van der Waals surface area contributed by atoms with E-state index < -0.39 is 29.6 Å². The van der Waals surface area contributed by atoms with Crippen molar-refractivity contribution >= 4 is 46.1 Å². The highest BCUT2D eigenvalue weighted by Gasteiger charge is 2.26. The number of aromatic amines is 1. The van der Waals surface area contributed by atoms with E-state index >= 15 is 0 Å². The third-order valence-corrected chi connectivity index (χ3v) is 6.41. The van der Waals surface area contributed by atoms with Gasteiger partial charge in [-0.2, -0.15) is 0 Å². The number of benzene rings is 1. The van der Waals surface area contributed by atoms with Gasteiger partial charge in [-0.25, -0.2) is 15.1 Å². The van der Waals surface area contributed by atoms with Crippen molar-refractivity contribution in [3.8, 4) is 0 Å². The van der Waals surface area contributed by atoms with Crippen LogP contribution in [0.3, 0.4) is 0 Å². The molecule has 1 atom stereocenters. The lowest BCUT2D eigenvalue weighted by molar-refractivity contribution is -0.142. The standard InChI is InChI=1S/C25H31N5O6S/c1-14-11-19(21(31)27-12-15-7-6-8-17-16(15)9-10-26-17)37-20(14)22(32)29-18(23(33)35-5)13-28-24(34)30-36-25(2,3)4/h6-11,18,26H,12-13H2,1-5H3,(H,27,31)(H,29,32)(H2,28,30,34)/t18-/m0/s1. The Hall–Kier alpha value is -3.90. The van der Waals surface area contributed by atoms with Crippen molar-refractivity contribution in [3.05, 3.63) is 57.4 Å². The number of amides is 4. The van der Waals surface area contributed by atoms with Gasteiger partial charge in [-0.3, -0.25) is 14.4 Å². The third-order valence-electron chi connectivity index (χ3n) is 5.18. The smallest absolute Gasteiger partial charge is 0.338 e. The molecule has 0 aliphatic carbocycles. The highest BCUT2D eigenvalue weighted by Crippen LogP contribution is 2.23. The summed E-state index contributed by atoms with van der Waals surface area (Å²) in [6.07, 6.45) is 1.84. The number of H-pyrrole nitrogens is 1. The Kier molecular flexibility index (Phi) is 8.90. The lowest BCUT2D eigenvalue weighted by Gasteiger charge is -2.20. The summed E-state index contributed by atoms with van der Waals surface area (Å²) >= 11 is 1.01. The molecule has 0 aliphatic rings. The molecule has 2 heterocycles. The predicted molar refractivity (Wildman–Crippen MR) is 139 cm³/mol. The first-order valence-corrected chi connectivity index (χ1v) is 12.3. The highest BCUT2D eigenvalue weighted by molar-refractivity contribution is 7.16. The van der Waals surface area contributed by atoms with E-state index in [2.05, 4.69) is 26.4 Å². The van der Waals surface area contributed by atoms with Gasteiger partial charge in [0.2, 0.25) is 0 Å². The van der Waals surface area contributed by atoms with E-state index in [0.29, 0.717) is 17.0 Å². The van der Waals surface area contributed by atoms with Gasteiger partial charge in [0.25, 0.3) is 11.8 Å². The maximum Gasteiger partial charge on any atom is 0.338 e. The molecule has 12 heteroatoms. The van der Waals surface area contributed by atoms with Gasteiger partial charge in [0.05, 0.1) is 29.0 Å². The minimum Gasteiger partial charge on any atom is -0.467 e. The Morgan fingerprint density at radius 1 is 1.08 bits per heavy atom. The zero-order valence-electron chi connectivity index (χ0n) is 21.3. The molecule has 1 aromatic carbocycles. The van der Waals surface area contributed by atoms with Gasteiger partial charge in [-0.05, 0) is 57.0 Å². The van der Waals surface area contributed by atoms with Crippen LogP contribution in [0.2, 0.25) is 0 Å². The fraction of sp³-hybridized carbons (Fsp3) is 0.360. The monoisotopic (exact) mass is 529 g/mol. The molecule has 0 saturated heterocycles. The normalized spacial score (nSPS) is 12.0. The van der Waals surface area contributed by atoms with Gasteiger partial charge >= 0.3 is 12.0 Å². The number of rotatable bonds is 9. The lowest BCUT2D eigenvalue weighted by Crippen LogP contribution is -2.51. The summed E-state index contributed by atoms with van der Waals surface area (Å²) in [6.45, 7) is 7.05. The Bertz CT molecular complexity index is 1290. The van der Waals surface area contributed by atoms with Crippen LogP contribution in [0, 0.1) is 6.92 Å². The number of hydrogen-bond donors (Lipinski definition) is 5. The number of methoxy groups -OCH3 is 1. The molecule has 0 saturated carbocycles. The largest absolute Gasteiger partial charge is 0.467 e. The van der Waals surface area contributed by atoms with Crippen LogP contribution in [0.25, 0.3) is 10.9 Å². The van der Waals surface area contributed by atoms with Crippen LogP contribution in [0.5, 0.6) is 0 Å². The molecule has 37 heavy (non-hydrogen) atoms. The molecule has 3 rings (SSSR count). The maximum atomic E-state index is 12.9. The molecule has 0 fully saturated rings. The molecule has 2 aromatic heterocycles. The second-order valence-corrected chi connectivity index (χ2v) is 10.3. The van der Waals surface area contributed by atoms with Crippen LogP contribution >= 0.6 is 11.3 Å². The van der Waals surface area contributed by atoms with E-state index in [9.17, 15) is 19.2 Å². The van der Waals surface area contributed by atoms with Crippen LogP contribution < -0.4 is 21.4 Å². The number of nitrogens with one attached hydrogen (secondary N) is 5. The van der Waals surface area contributed by atoms with Crippen molar-refractivity contribution in [2.75, 3.05) is 13.7 Å². The van der Waals surface area contributed by atoms with Crippen molar-refractivity contribution in [2.24, 2.45) is 0 Å². The molecule has 4 amide bonds. The fourth-order valence-corrected chi connectivity index (χ4v) is 4.37. The summed E-state index contributed by atoms with van der Waals surface area (Å²) in [5.41, 5.74) is 4.13. The zero-order chi connectivity index (χ0) is 27.2. The van der Waals surface area contributed by atoms with E-state index in [0.717, 1.165) is 27.8 Å². The number of urea groups is 1. The first kappa shape index (κ1) is 27.7. The summed E-state index contributed by atoms with van der Waals surface area (Å²) < 4.78 is 4.75. The van der Waals surface area contributed by atoms with Crippen molar-refractivity contribution < 1.29 is 28.8 Å². The lowest BCUT2D eigenvalue weighted by atomic mass is 10.1. The average Bonchev–Trinajstić information content (AvgIpc) is 3.49. The Morgan fingerprint density at radius 2 is 1.84 bits per heavy atom. The first-order valence-electron chi connectivity index (χ1n) is 11.5. The first-order chi connectivity index (χ1) is 17.5. The topological polar surface area (TPSA) is 151 Å². The number of hydroxylamine groups is 1. The predicted octanol–water partition coefficient (Wildman–Crippen LogP) is 2.77. The van der Waals surface area contributed by atoms with E-state index in [1.165, 1.54) is 7.11 Å². The average molecular weight is 530 g/mol. The Balaban J connectivity index is 1.61. The summed E-state index contributed by atoms with van der Waals surface area (Å²) in [4.78, 5) is 58.8. The van der Waals surface area contributed by atoms with Gasteiger partial charge in [0.15, 0.2) is 0 Å². The highest BCUT2D eigenvalue weighted by atomic mass is 32.1. The fourth-order valence-electron chi connectivity index (χ4n) is 3.38. The van der Waals surface area contributed by atoms with Crippen molar-refractivity contribution in [3.63, 3.8) is 0 Å². The quantitative estimate of drug-likeness (QED) is 0.212. The Labute approximate surface area is 218 Å². The van der Waals surface area contributed by atoms with E-state index in [-0.39, 0.29) is 17.3 Å². The maximum absolute atomic E-state index is 12.9. The number of hydrogen-bond acceptors (Lipinski definition) is 7. The van der Waals surface area contributed by atoms with E-state index in [1.54, 1.807) is 33.8 Å². The van der Waals surface area contributed by atoms with Gasteiger partial charge in [0.1, 0.15) is 6.04 Å². The minimum atomic E-state index is -1.15. The number of esters is 1. The summed E-state index contributed by atoms with van der Waals surface area (Å²) in [5.74, 6) is -1.62. The van der Waals surface area contributed by atoms with Gasteiger partial charge in [0, 0.05) is 23.6 Å². The minimum absolute atomic E-state index is 0.236. The van der Waals surface area contributed by atoms with Crippen molar-refractivity contribution in [2.45, 2.75) is 45.9 Å². The number of carbonyl (C=O) groups excluding carboxylic acids is 4. The number of aromatic nitrogens is 1. The number of carbonyl (C=O) groups is 4. The second-order valence-electron chi connectivity index (χ2n) is 9.24. The zero-order valence-corrected chi connectivity index (χ0v) is 22.1. The molecule has 198 valence electrons. The van der Waals surface area contributed by atoms with Gasteiger partial charge in [-0.15, -0.1) is 11.3 Å². The third kappa shape index (κ3) is 7.54. The molecule has 0 bridgehead atoms. The number of aryl methyl sites for hydroxylation is 1. The van der Waals surface area contributed by atoms with Crippen molar-refractivity contribution in [1.82, 2.24) is 26.4 Å². The van der Waals surface area contributed by atoms with Gasteiger partial charge < -0.3 is 25.7 Å². The number of ether oxygens (including phenoxy) is 1. The summed E-state index contributed by atoms with van der Waals surface area (Å²) in [7, 11) is 1.18. The molecule has 0 unspecified atom stereocenters. The summed E-state index contributed by atoms with van der Waals surface area (Å²) in [5, 5.41) is 8.92. The van der Waals surface area contributed by atoms with Crippen LogP contribution in [-0.4, -0.2) is 54.1 Å². The SMILES string of the molecule is COC(=O)[C@H](CNC(=O)NOC(C)(C)C)NC(=O)c1sc(C(=O)NCc2cccc3[nH]ccc23)cc1C. The molecular formula is C25H31N5O6S. The molecule has 5 N–H and O–H groups in total. The second kappa shape index (κ2) is 11.9. The van der Waals surface area contributed by atoms with E-state index in [4.69, 9.17) is 9.57 Å². The van der Waals surface area contributed by atoms with E-state index in [1.807, 2.05) is 30.5 Å². The van der Waals surface area contributed by atoms with Crippen LogP contribution in [0.4, 0.5) is 4.79 Å². The van der Waals surface area contributed by atoms with Crippen molar-refractivity contribution in [1.29, 1.82) is 0 Å². The van der Waals surface area contributed by atoms with Crippen LogP contribution in [0.1, 0.15) is 51.2 Å². The van der Waals surface area contributed by atoms with Crippen LogP contribution in [0.15, 0.2) is 36.5 Å². The summed E-state index contributed by atoms with van der Waals surface area (Å²) in [6, 6.07) is 7.53. The molecule has 0 aliphatic heterocycles. The molecule has 0 radical (unpaired) electrons. The molecule has 3 aromatic rings. The molecule has 11 nitrogen and oxygen atoms in total. The molecular weight excluding hydrogens is 498 g/mol.